The second-order valence-corrected chi connectivity index (χ2v) is 4.18. The van der Waals surface area contributed by atoms with E-state index in [9.17, 15) is 4.79 Å². The molecule has 0 aliphatic heterocycles. The van der Waals surface area contributed by atoms with Crippen LogP contribution in [0.3, 0.4) is 0 Å². The first-order valence-corrected chi connectivity index (χ1v) is 5.88. The van der Waals surface area contributed by atoms with E-state index in [1.165, 1.54) is 0 Å². The third-order valence-corrected chi connectivity index (χ3v) is 2.92. The van der Waals surface area contributed by atoms with Crippen LogP contribution in [0.2, 0.25) is 0 Å². The molecule has 0 aromatic carbocycles. The molecule has 0 radical (unpaired) electrons. The van der Waals surface area contributed by atoms with E-state index in [4.69, 9.17) is 10.4 Å². The van der Waals surface area contributed by atoms with Gasteiger partial charge in [-0.2, -0.15) is 5.26 Å². The molecular weight excluding hydrogens is 230 g/mol. The van der Waals surface area contributed by atoms with Gasteiger partial charge in [-0.05, 0) is 19.4 Å². The van der Waals surface area contributed by atoms with Crippen LogP contribution in [-0.2, 0) is 11.3 Å². The van der Waals surface area contributed by atoms with Gasteiger partial charge in [0, 0.05) is 24.3 Å². The van der Waals surface area contributed by atoms with Crippen LogP contribution in [0, 0.1) is 11.3 Å². The number of nitriles is 1. The first-order valence-electron chi connectivity index (χ1n) is 5.88. The van der Waals surface area contributed by atoms with Gasteiger partial charge in [-0.25, -0.2) is 4.98 Å². The zero-order valence-electron chi connectivity index (χ0n) is 10.6. The third-order valence-electron chi connectivity index (χ3n) is 2.92. The molecule has 0 spiro atoms. The summed E-state index contributed by atoms with van der Waals surface area (Å²) in [4.78, 5) is 16.7. The van der Waals surface area contributed by atoms with Crippen molar-refractivity contribution in [1.82, 2.24) is 9.88 Å². The maximum atomic E-state index is 10.9. The van der Waals surface area contributed by atoms with Crippen molar-refractivity contribution >= 4 is 5.97 Å². The van der Waals surface area contributed by atoms with Crippen molar-refractivity contribution in [2.75, 3.05) is 6.54 Å². The van der Waals surface area contributed by atoms with Crippen LogP contribution in [-0.4, -0.2) is 33.5 Å². The Balaban J connectivity index is 2.89. The van der Waals surface area contributed by atoms with E-state index < -0.39 is 5.97 Å². The number of pyridine rings is 1. The predicted molar refractivity (Wildman–Crippen MR) is 66.8 cm³/mol. The van der Waals surface area contributed by atoms with E-state index in [-0.39, 0.29) is 12.6 Å². The average molecular weight is 247 g/mol. The smallest absolute Gasteiger partial charge is 0.317 e. The number of aromatic nitrogens is 1. The molecule has 1 rings (SSSR count). The molecule has 5 heteroatoms. The summed E-state index contributed by atoms with van der Waals surface area (Å²) in [5, 5.41) is 17.9. The SMILES string of the molecule is CCC(C)N(CC(=O)O)Cc1cccnc1C#N. The van der Waals surface area contributed by atoms with Gasteiger partial charge in [-0.3, -0.25) is 9.69 Å². The summed E-state index contributed by atoms with van der Waals surface area (Å²) in [5.74, 6) is -0.863. The third kappa shape index (κ3) is 3.82. The highest BCUT2D eigenvalue weighted by atomic mass is 16.4. The van der Waals surface area contributed by atoms with Gasteiger partial charge in [0.2, 0.25) is 0 Å². The molecule has 0 saturated heterocycles. The van der Waals surface area contributed by atoms with E-state index in [0.29, 0.717) is 12.2 Å². The van der Waals surface area contributed by atoms with Gasteiger partial charge < -0.3 is 5.11 Å². The normalized spacial score (nSPS) is 12.1. The molecule has 1 unspecified atom stereocenters. The minimum absolute atomic E-state index is 0.0330. The summed E-state index contributed by atoms with van der Waals surface area (Å²) in [6.07, 6.45) is 2.42. The highest BCUT2D eigenvalue weighted by Crippen LogP contribution is 2.12. The number of hydrogen-bond donors (Lipinski definition) is 1. The van der Waals surface area contributed by atoms with Gasteiger partial charge in [0.25, 0.3) is 0 Å². The van der Waals surface area contributed by atoms with E-state index in [1.54, 1.807) is 12.3 Å². The lowest BCUT2D eigenvalue weighted by Gasteiger charge is -2.26. The van der Waals surface area contributed by atoms with E-state index >= 15 is 0 Å². The van der Waals surface area contributed by atoms with Gasteiger partial charge in [0.15, 0.2) is 0 Å². The molecule has 18 heavy (non-hydrogen) atoms. The first kappa shape index (κ1) is 14.1. The Kier molecular flexibility index (Phi) is 5.28. The van der Waals surface area contributed by atoms with Crippen molar-refractivity contribution in [2.24, 2.45) is 0 Å². The van der Waals surface area contributed by atoms with Crippen molar-refractivity contribution < 1.29 is 9.90 Å². The Hall–Kier alpha value is -1.93. The molecule has 5 nitrogen and oxygen atoms in total. The van der Waals surface area contributed by atoms with Crippen LogP contribution in [0.5, 0.6) is 0 Å². The molecule has 0 fully saturated rings. The fraction of sp³-hybridized carbons (Fsp3) is 0.462. The molecule has 1 aromatic heterocycles. The topological polar surface area (TPSA) is 77.2 Å². The first-order chi connectivity index (χ1) is 8.58. The number of carbonyl (C=O) groups is 1. The standard InChI is InChI=1S/C13H17N3O2/c1-3-10(2)16(9-13(17)18)8-11-5-4-6-15-12(11)7-14/h4-6,10H,3,8-9H2,1-2H3,(H,17,18). The number of rotatable bonds is 6. The number of carboxylic acid groups (broad SMARTS) is 1. The maximum Gasteiger partial charge on any atom is 0.317 e. The monoisotopic (exact) mass is 247 g/mol. The second-order valence-electron chi connectivity index (χ2n) is 4.18. The summed E-state index contributed by atoms with van der Waals surface area (Å²) in [6.45, 7) is 4.38. The molecule has 0 aliphatic rings. The summed E-state index contributed by atoms with van der Waals surface area (Å²) < 4.78 is 0. The molecule has 0 aliphatic carbocycles. The number of aliphatic carboxylic acids is 1. The van der Waals surface area contributed by atoms with E-state index in [2.05, 4.69) is 4.98 Å². The summed E-state index contributed by atoms with van der Waals surface area (Å²) in [5.41, 5.74) is 1.12. The Morgan fingerprint density at radius 2 is 2.39 bits per heavy atom. The zero-order valence-corrected chi connectivity index (χ0v) is 10.6. The predicted octanol–water partition coefficient (Wildman–Crippen LogP) is 1.64. The molecule has 1 aromatic rings. The van der Waals surface area contributed by atoms with Crippen LogP contribution in [0.15, 0.2) is 18.3 Å². The summed E-state index contributed by atoms with van der Waals surface area (Å²) in [7, 11) is 0. The van der Waals surface area contributed by atoms with Gasteiger partial charge in [0.1, 0.15) is 11.8 Å². The quantitative estimate of drug-likeness (QED) is 0.826. The van der Waals surface area contributed by atoms with Crippen molar-refractivity contribution in [3.63, 3.8) is 0 Å². The number of carboxylic acids is 1. The molecule has 0 bridgehead atoms. The Morgan fingerprint density at radius 1 is 1.67 bits per heavy atom. The lowest BCUT2D eigenvalue weighted by atomic mass is 10.1. The van der Waals surface area contributed by atoms with Crippen LogP contribution in [0.4, 0.5) is 0 Å². The van der Waals surface area contributed by atoms with Crippen LogP contribution in [0.1, 0.15) is 31.5 Å². The molecule has 1 N–H and O–H groups in total. The fourth-order valence-electron chi connectivity index (χ4n) is 1.69. The largest absolute Gasteiger partial charge is 0.480 e. The van der Waals surface area contributed by atoms with Crippen LogP contribution in [0.25, 0.3) is 0 Å². The lowest BCUT2D eigenvalue weighted by Crippen LogP contribution is -2.36. The van der Waals surface area contributed by atoms with Crippen molar-refractivity contribution in [1.29, 1.82) is 5.26 Å². The summed E-state index contributed by atoms with van der Waals surface area (Å²) in [6, 6.07) is 5.74. The van der Waals surface area contributed by atoms with Gasteiger partial charge in [-0.1, -0.05) is 13.0 Å². The zero-order chi connectivity index (χ0) is 13.5. The molecule has 0 amide bonds. The number of nitrogens with zero attached hydrogens (tertiary/aromatic N) is 3. The molecule has 0 saturated carbocycles. The molecule has 96 valence electrons. The fourth-order valence-corrected chi connectivity index (χ4v) is 1.69. The van der Waals surface area contributed by atoms with Crippen LogP contribution < -0.4 is 0 Å². The molecule has 1 heterocycles. The highest BCUT2D eigenvalue weighted by molar-refractivity contribution is 5.69. The maximum absolute atomic E-state index is 10.9. The molecular formula is C13H17N3O2. The minimum Gasteiger partial charge on any atom is -0.480 e. The lowest BCUT2D eigenvalue weighted by molar-refractivity contribution is -0.139. The number of hydrogen-bond acceptors (Lipinski definition) is 4. The van der Waals surface area contributed by atoms with Gasteiger partial charge >= 0.3 is 5.97 Å². The van der Waals surface area contributed by atoms with Crippen molar-refractivity contribution in [3.8, 4) is 6.07 Å². The van der Waals surface area contributed by atoms with Crippen LogP contribution >= 0.6 is 0 Å². The Labute approximate surface area is 107 Å². The second kappa shape index (κ2) is 6.72. The van der Waals surface area contributed by atoms with E-state index in [0.717, 1.165) is 12.0 Å². The average Bonchev–Trinajstić information content (AvgIpc) is 2.37. The van der Waals surface area contributed by atoms with E-state index in [1.807, 2.05) is 30.9 Å². The highest BCUT2D eigenvalue weighted by Gasteiger charge is 2.17. The summed E-state index contributed by atoms with van der Waals surface area (Å²) >= 11 is 0. The van der Waals surface area contributed by atoms with Crippen molar-refractivity contribution in [3.05, 3.63) is 29.6 Å². The minimum atomic E-state index is -0.863. The molecule has 1 atom stereocenters. The van der Waals surface area contributed by atoms with Gasteiger partial charge in [-0.15, -0.1) is 0 Å². The Morgan fingerprint density at radius 3 is 2.94 bits per heavy atom. The van der Waals surface area contributed by atoms with Gasteiger partial charge in [0.05, 0.1) is 6.54 Å². The van der Waals surface area contributed by atoms with Crippen molar-refractivity contribution in [2.45, 2.75) is 32.9 Å². The Bertz CT molecular complexity index is 454.